The van der Waals surface area contributed by atoms with Crippen molar-refractivity contribution in [3.8, 4) is 5.69 Å². The molecule has 0 N–H and O–H groups in total. The molecule has 0 aliphatic carbocycles. The Bertz CT molecular complexity index is 537. The average molecular weight is 273 g/mol. The van der Waals surface area contributed by atoms with Crippen molar-refractivity contribution in [3.05, 3.63) is 46.5 Å². The van der Waals surface area contributed by atoms with Crippen LogP contribution in [0.4, 0.5) is 4.39 Å². The lowest BCUT2D eigenvalue weighted by Crippen LogP contribution is -2.00. The van der Waals surface area contributed by atoms with Gasteiger partial charge in [0, 0.05) is 5.56 Å². The summed E-state index contributed by atoms with van der Waals surface area (Å²) < 4.78 is 15.0. The van der Waals surface area contributed by atoms with E-state index in [-0.39, 0.29) is 11.7 Å². The topological polar surface area (TPSA) is 17.8 Å². The molecule has 0 amide bonds. The summed E-state index contributed by atoms with van der Waals surface area (Å²) in [5.74, 6) is -0.0862. The Morgan fingerprint density at radius 1 is 1.35 bits per heavy atom. The fourth-order valence-corrected chi connectivity index (χ4v) is 2.33. The van der Waals surface area contributed by atoms with E-state index < -0.39 is 0 Å². The summed E-state index contributed by atoms with van der Waals surface area (Å²) in [5, 5.41) is 4.67. The molecule has 0 aliphatic rings. The zero-order chi connectivity index (χ0) is 12.4. The van der Waals surface area contributed by atoms with Crippen LogP contribution in [0.2, 0.25) is 5.15 Å². The fourth-order valence-electron chi connectivity index (χ4n) is 1.67. The Morgan fingerprint density at radius 2 is 2.06 bits per heavy atom. The summed E-state index contributed by atoms with van der Waals surface area (Å²) in [5.41, 5.74) is 1.90. The number of hydrogen-bond donors (Lipinski definition) is 0. The van der Waals surface area contributed by atoms with Crippen LogP contribution in [0.5, 0.6) is 0 Å². The second-order valence-corrected chi connectivity index (χ2v) is 4.19. The van der Waals surface area contributed by atoms with E-state index in [0.29, 0.717) is 17.3 Å². The lowest BCUT2D eigenvalue weighted by atomic mass is 10.2. The lowest BCUT2D eigenvalue weighted by Gasteiger charge is -2.04. The first-order valence-corrected chi connectivity index (χ1v) is 6.17. The van der Waals surface area contributed by atoms with Crippen LogP contribution in [0.25, 0.3) is 5.69 Å². The molecule has 90 valence electrons. The summed E-state index contributed by atoms with van der Waals surface area (Å²) in [6.45, 7) is 1.96. The molecular weight excluding hydrogens is 262 g/mol. The second kappa shape index (κ2) is 5.07. The highest BCUT2D eigenvalue weighted by Crippen LogP contribution is 2.26. The van der Waals surface area contributed by atoms with E-state index in [4.69, 9.17) is 23.2 Å². The Labute approximate surface area is 109 Å². The van der Waals surface area contributed by atoms with Gasteiger partial charge in [-0.05, 0) is 18.6 Å². The van der Waals surface area contributed by atoms with Gasteiger partial charge in [0.05, 0.1) is 11.6 Å². The van der Waals surface area contributed by atoms with Gasteiger partial charge in [-0.2, -0.15) is 5.10 Å². The largest absolute Gasteiger partial charge is 0.219 e. The second-order valence-electron chi connectivity index (χ2n) is 3.57. The number of para-hydroxylation sites is 1. The number of alkyl halides is 1. The summed E-state index contributed by atoms with van der Waals surface area (Å²) in [4.78, 5) is 0. The number of halogens is 3. The SMILES string of the molecule is CCc1nn(-c2ccccc2F)c(Cl)c1CCl. The quantitative estimate of drug-likeness (QED) is 0.774. The molecule has 0 saturated heterocycles. The Morgan fingerprint density at radius 3 is 2.59 bits per heavy atom. The maximum absolute atomic E-state index is 13.7. The minimum absolute atomic E-state index is 0.274. The molecule has 0 aliphatic heterocycles. The van der Waals surface area contributed by atoms with Crippen LogP contribution in [0.3, 0.4) is 0 Å². The normalized spacial score (nSPS) is 10.8. The molecule has 1 aromatic heterocycles. The molecule has 1 heterocycles. The standard InChI is InChI=1S/C12H11Cl2FN2/c1-2-10-8(7-13)12(14)17(16-10)11-6-4-3-5-9(11)15/h3-6H,2,7H2,1H3. The predicted octanol–water partition coefficient (Wildman–Crippen LogP) is 3.97. The zero-order valence-corrected chi connectivity index (χ0v) is 10.8. The van der Waals surface area contributed by atoms with Crippen LogP contribution in [-0.4, -0.2) is 9.78 Å². The Hall–Kier alpha value is -1.06. The summed E-state index contributed by atoms with van der Waals surface area (Å²) in [6.07, 6.45) is 0.712. The van der Waals surface area contributed by atoms with Crippen LogP contribution in [0.1, 0.15) is 18.2 Å². The summed E-state index contributed by atoms with van der Waals surface area (Å²) in [7, 11) is 0. The van der Waals surface area contributed by atoms with Gasteiger partial charge in [0.25, 0.3) is 0 Å². The van der Waals surface area contributed by atoms with E-state index in [1.165, 1.54) is 10.7 Å². The molecule has 2 aromatic rings. The zero-order valence-electron chi connectivity index (χ0n) is 9.25. The summed E-state index contributed by atoms with van der Waals surface area (Å²) >= 11 is 12.0. The molecular formula is C12H11Cl2FN2. The van der Waals surface area contributed by atoms with Gasteiger partial charge in [0.15, 0.2) is 0 Å². The number of aromatic nitrogens is 2. The molecule has 0 radical (unpaired) electrons. The summed E-state index contributed by atoms with van der Waals surface area (Å²) in [6, 6.07) is 6.37. The fraction of sp³-hybridized carbons (Fsp3) is 0.250. The van der Waals surface area contributed by atoms with Crippen molar-refractivity contribution in [2.75, 3.05) is 0 Å². The van der Waals surface area contributed by atoms with Gasteiger partial charge in [-0.15, -0.1) is 11.6 Å². The minimum Gasteiger partial charge on any atom is -0.219 e. The molecule has 0 unspecified atom stereocenters. The first-order chi connectivity index (χ1) is 8.19. The molecule has 1 aromatic carbocycles. The Balaban J connectivity index is 2.61. The van der Waals surface area contributed by atoms with Gasteiger partial charge in [-0.1, -0.05) is 30.7 Å². The number of hydrogen-bond acceptors (Lipinski definition) is 1. The maximum atomic E-state index is 13.7. The molecule has 2 rings (SSSR count). The predicted molar refractivity (Wildman–Crippen MR) is 67.5 cm³/mol. The molecule has 17 heavy (non-hydrogen) atoms. The third-order valence-corrected chi connectivity index (χ3v) is 3.21. The highest BCUT2D eigenvalue weighted by Gasteiger charge is 2.17. The van der Waals surface area contributed by atoms with Gasteiger partial charge in [-0.3, -0.25) is 0 Å². The van der Waals surface area contributed by atoms with Crippen molar-refractivity contribution in [1.29, 1.82) is 0 Å². The van der Waals surface area contributed by atoms with Crippen LogP contribution in [-0.2, 0) is 12.3 Å². The van der Waals surface area contributed by atoms with Crippen LogP contribution in [0, 0.1) is 5.82 Å². The van der Waals surface area contributed by atoms with Crippen molar-refractivity contribution in [3.63, 3.8) is 0 Å². The van der Waals surface area contributed by atoms with Crippen molar-refractivity contribution in [1.82, 2.24) is 9.78 Å². The Kier molecular flexibility index (Phi) is 3.69. The van der Waals surface area contributed by atoms with E-state index in [9.17, 15) is 4.39 Å². The van der Waals surface area contributed by atoms with E-state index in [1.807, 2.05) is 6.92 Å². The smallest absolute Gasteiger partial charge is 0.148 e. The molecule has 0 atom stereocenters. The number of rotatable bonds is 3. The van der Waals surface area contributed by atoms with Crippen LogP contribution < -0.4 is 0 Å². The van der Waals surface area contributed by atoms with E-state index in [1.54, 1.807) is 18.2 Å². The highest BCUT2D eigenvalue weighted by atomic mass is 35.5. The van der Waals surface area contributed by atoms with Crippen molar-refractivity contribution in [2.24, 2.45) is 0 Å². The third kappa shape index (κ3) is 2.17. The molecule has 5 heteroatoms. The number of nitrogens with zero attached hydrogens (tertiary/aromatic N) is 2. The number of benzene rings is 1. The molecule has 0 spiro atoms. The number of aryl methyl sites for hydroxylation is 1. The molecule has 0 saturated carbocycles. The highest BCUT2D eigenvalue weighted by molar-refractivity contribution is 6.31. The first kappa shape index (κ1) is 12.4. The van der Waals surface area contributed by atoms with Crippen molar-refractivity contribution in [2.45, 2.75) is 19.2 Å². The molecule has 0 fully saturated rings. The van der Waals surface area contributed by atoms with E-state index >= 15 is 0 Å². The van der Waals surface area contributed by atoms with E-state index in [0.717, 1.165) is 11.3 Å². The third-order valence-electron chi connectivity index (χ3n) is 2.55. The first-order valence-electron chi connectivity index (χ1n) is 5.26. The van der Waals surface area contributed by atoms with Gasteiger partial charge in [0.1, 0.15) is 16.7 Å². The van der Waals surface area contributed by atoms with Crippen LogP contribution in [0.15, 0.2) is 24.3 Å². The van der Waals surface area contributed by atoms with Gasteiger partial charge >= 0.3 is 0 Å². The van der Waals surface area contributed by atoms with Crippen molar-refractivity contribution >= 4 is 23.2 Å². The van der Waals surface area contributed by atoms with Crippen LogP contribution >= 0.6 is 23.2 Å². The van der Waals surface area contributed by atoms with Gasteiger partial charge < -0.3 is 0 Å². The molecule has 2 nitrogen and oxygen atoms in total. The van der Waals surface area contributed by atoms with E-state index in [2.05, 4.69) is 5.10 Å². The van der Waals surface area contributed by atoms with Gasteiger partial charge in [-0.25, -0.2) is 9.07 Å². The molecule has 0 bridgehead atoms. The monoisotopic (exact) mass is 272 g/mol. The lowest BCUT2D eigenvalue weighted by molar-refractivity contribution is 0.610. The average Bonchev–Trinajstić information content (AvgIpc) is 2.66. The van der Waals surface area contributed by atoms with Crippen molar-refractivity contribution < 1.29 is 4.39 Å². The maximum Gasteiger partial charge on any atom is 0.148 e. The van der Waals surface area contributed by atoms with Gasteiger partial charge in [0.2, 0.25) is 0 Å². The minimum atomic E-state index is -0.360.